The van der Waals surface area contributed by atoms with Gasteiger partial charge in [-0.1, -0.05) is 228 Å². The summed E-state index contributed by atoms with van der Waals surface area (Å²) in [5, 5.41) is 10.3. The zero-order valence-corrected chi connectivity index (χ0v) is 88.9. The minimum atomic E-state index is -3.65. The zero-order valence-electron chi connectivity index (χ0n) is 78.4. The third kappa shape index (κ3) is 23.0. The molecule has 1 N–H and O–H groups in total. The molecule has 4 fully saturated rings. The summed E-state index contributed by atoms with van der Waals surface area (Å²) in [4.78, 5) is 28.5. The van der Waals surface area contributed by atoms with Crippen molar-refractivity contribution in [2.45, 2.75) is 324 Å². The van der Waals surface area contributed by atoms with Crippen molar-refractivity contribution in [2.24, 2.45) is 5.92 Å². The molecule has 36 heteroatoms. The summed E-state index contributed by atoms with van der Waals surface area (Å²) >= 11 is 43.1. The molecule has 23 nitrogen and oxygen atoms in total. The van der Waals surface area contributed by atoms with E-state index in [4.69, 9.17) is 105 Å². The first-order chi connectivity index (χ1) is 59.6. The molecule has 6 aromatic carbocycles. The lowest BCUT2D eigenvalue weighted by Crippen LogP contribution is -2.50. The van der Waals surface area contributed by atoms with Crippen LogP contribution in [0, 0.1) is 5.92 Å². The first-order valence-electron chi connectivity index (χ1n) is 43.0. The summed E-state index contributed by atoms with van der Waals surface area (Å²) in [6, 6.07) is 20.4. The molecule has 130 heavy (non-hydrogen) atoms. The van der Waals surface area contributed by atoms with Crippen molar-refractivity contribution in [3.63, 3.8) is 0 Å². The van der Waals surface area contributed by atoms with Crippen molar-refractivity contribution in [1.82, 2.24) is 29.9 Å². The van der Waals surface area contributed by atoms with Gasteiger partial charge in [0.15, 0.2) is 81.2 Å². The third-order valence-electron chi connectivity index (χ3n) is 23.0. The molecule has 1 aliphatic heterocycles. The number of fused-ring (bicyclic) bond motifs is 6. The number of hydrogen-bond donors (Lipinski definition) is 2. The van der Waals surface area contributed by atoms with Crippen molar-refractivity contribution in [3.8, 4) is 0 Å². The van der Waals surface area contributed by atoms with Crippen LogP contribution in [-0.2, 0) is 81.0 Å². The fourth-order valence-corrected chi connectivity index (χ4v) is 26.9. The summed E-state index contributed by atoms with van der Waals surface area (Å²) in [5.74, 6) is 4.76. The van der Waals surface area contributed by atoms with Gasteiger partial charge in [0.1, 0.15) is 52.7 Å². The molecule has 4 aliphatic rings. The number of oxazole rings is 6. The van der Waals surface area contributed by atoms with Gasteiger partial charge in [0.05, 0.1) is 79.7 Å². The van der Waals surface area contributed by atoms with E-state index in [2.05, 4.69) is 131 Å². The number of allylic oxidation sites excluding steroid dienone is 1. The quantitative estimate of drug-likeness (QED) is 0.0227. The number of ether oxygens (including phenoxy) is 1. The normalized spacial score (nSPS) is 19.5. The highest BCUT2D eigenvalue weighted by Crippen LogP contribution is 2.51. The van der Waals surface area contributed by atoms with E-state index in [0.717, 1.165) is 44.6 Å². The number of halogens is 6. The van der Waals surface area contributed by atoms with Gasteiger partial charge in [0.25, 0.3) is 0 Å². The molecule has 1 atom stereocenters. The van der Waals surface area contributed by atoms with Gasteiger partial charge in [-0.3, -0.25) is 0 Å². The van der Waals surface area contributed by atoms with Crippen molar-refractivity contribution in [1.29, 1.82) is 0 Å². The first kappa shape index (κ1) is 105. The van der Waals surface area contributed by atoms with Crippen LogP contribution in [0.1, 0.15) is 246 Å². The van der Waals surface area contributed by atoms with Crippen LogP contribution in [0.2, 0.25) is 48.3 Å². The van der Waals surface area contributed by atoms with Crippen molar-refractivity contribution < 1.29 is 74.4 Å². The van der Waals surface area contributed by atoms with Crippen LogP contribution in [0.3, 0.4) is 0 Å². The van der Waals surface area contributed by atoms with Crippen molar-refractivity contribution >= 4 is 208 Å². The van der Waals surface area contributed by atoms with Crippen molar-refractivity contribution in [3.05, 3.63) is 151 Å². The van der Waals surface area contributed by atoms with Gasteiger partial charge < -0.3 is 40.8 Å². The van der Waals surface area contributed by atoms with Gasteiger partial charge in [0, 0.05) is 44.3 Å². The molecule has 0 spiro atoms. The van der Waals surface area contributed by atoms with Crippen LogP contribution in [0.15, 0.2) is 141 Å². The monoisotopic (exact) mass is 2030 g/mol. The van der Waals surface area contributed by atoms with Crippen LogP contribution in [0.5, 0.6) is 0 Å². The minimum absolute atomic E-state index is 0.00781. The molecular formula is C94H120Cl6N6O17S6Si. The second kappa shape index (κ2) is 38.3. The maximum atomic E-state index is 13.4. The molecule has 1 unspecified atom stereocenters. The predicted octanol–water partition coefficient (Wildman–Crippen LogP) is 26.8. The van der Waals surface area contributed by atoms with E-state index >= 15 is 0 Å². The molecule has 12 aromatic rings. The first-order valence-corrected chi connectivity index (χ1v) is 55.9. The number of nitrogens with zero attached hydrogens (tertiary/aromatic N) is 6. The fourth-order valence-electron chi connectivity index (χ4n) is 14.1. The minimum Gasteiger partial charge on any atom is -0.439 e. The average molecular weight is 2040 g/mol. The number of benzene rings is 6. The second-order valence-corrected chi connectivity index (χ2v) is 59.4. The number of epoxide rings is 1. The zero-order chi connectivity index (χ0) is 96.9. The SMILES string of the molecule is C=CCCSc1c(Cl)ccc2nc(C(C)(C)C)oc12.CC(C)(C)c1nc2ccc(Cl)c(S(=O)(=O)C3CC(O)C3)c2o1.CC(C)(C)c1nc2ccc(Cl)c(S(=O)(=O)C3CC(O[Si](C)(C)C(C)(C)C)C3)c2o1.CC(C)(C)c1nc2ccc(Cl)c(S(=O)(=O)CCC3CO3)c2o1.CC(C)(C)c1nc2ccc(Cl)c(S)c2o1.CC1CC(C)(S(=O)(=O)c2c(Cl)ccc3nc(C(C)(C)C)oc23)C1. The van der Waals surface area contributed by atoms with Gasteiger partial charge in [-0.05, 0) is 155 Å². The Hall–Kier alpha value is -5.78. The molecule has 3 aliphatic carbocycles. The molecule has 16 rings (SSSR count). The van der Waals surface area contributed by atoms with Gasteiger partial charge in [0.2, 0.25) is 35.3 Å². The standard InChI is InChI=1S/C21H32ClNO4SSi.C17H22ClNO3S.2C15H18ClNO4S.C15H18ClNOS.C11H12ClNOS/c1-20(2,3)19-23-16-10-9-15(22)18(17(16)26-19)28(24,25)14-11-13(12-14)27-29(7,8)21(4,5)6;1-10-8-17(5,9-10)23(20,21)14-11(18)6-7-12-13(14)22-15(19-12)16(2,3)4;1-15(2,3)14-17-11-5-4-10(16)13(12(11)21-14)22(19,20)9-6-8(18)7-9;1-15(2,3)14-17-11-5-4-10(16)13(12(11)21-14)22(18,19)7-6-9-8-20-9;1-5-6-9-19-13-10(16)7-8-11-12(13)18-14(17-11)15(2,3)4;1-11(2,3)10-13-7-5-4-6(12)9(15)8(7)14-10/h9-10,13-14H,11-12H2,1-8H3;6-7,10H,8-9H2,1-5H3;4-5,8-9,18H,6-7H2,1-3H3;4-5,9H,6-8H2,1-3H3;5,7-8H,1,6,9H2,2-4H3;4-5,15H,1-3H3. The average Bonchev–Trinajstić information content (AvgIpc) is 1.20. The Labute approximate surface area is 804 Å². The lowest BCUT2D eigenvalue weighted by molar-refractivity contribution is 0.0977. The van der Waals surface area contributed by atoms with Gasteiger partial charge in [-0.2, -0.15) is 0 Å². The van der Waals surface area contributed by atoms with E-state index in [-0.39, 0.29) is 130 Å². The van der Waals surface area contributed by atoms with Gasteiger partial charge in [-0.25, -0.2) is 63.6 Å². The lowest BCUT2D eigenvalue weighted by Gasteiger charge is -2.44. The highest BCUT2D eigenvalue weighted by molar-refractivity contribution is 7.99. The topological polar surface area (TPSA) is 335 Å². The molecule has 0 radical (unpaired) electrons. The molecule has 710 valence electrons. The Morgan fingerprint density at radius 3 is 1.13 bits per heavy atom. The number of thiol groups is 1. The number of rotatable bonds is 16. The van der Waals surface area contributed by atoms with Gasteiger partial charge >= 0.3 is 0 Å². The Balaban J connectivity index is 0.000000152. The molecule has 0 bridgehead atoms. The smallest absolute Gasteiger partial charge is 0.200 e. The van der Waals surface area contributed by atoms with Crippen LogP contribution in [0.25, 0.3) is 66.6 Å². The Kier molecular flexibility index (Phi) is 30.8. The van der Waals surface area contributed by atoms with E-state index in [1.807, 2.05) is 107 Å². The highest BCUT2D eigenvalue weighted by Gasteiger charge is 2.52. The number of sulfone groups is 4. The fraction of sp³-hybridized carbons (Fsp3) is 0.532. The van der Waals surface area contributed by atoms with Crippen molar-refractivity contribution in [2.75, 3.05) is 18.1 Å². The number of aromatic nitrogens is 6. The molecular weight excluding hydrogens is 1920 g/mol. The summed E-state index contributed by atoms with van der Waals surface area (Å²) in [5.41, 5.74) is 4.68. The Morgan fingerprint density at radius 2 is 0.785 bits per heavy atom. The van der Waals surface area contributed by atoms with E-state index < -0.39 is 69.0 Å². The second-order valence-electron chi connectivity index (χ2n) is 41.9. The van der Waals surface area contributed by atoms with E-state index in [9.17, 15) is 38.8 Å². The van der Waals surface area contributed by atoms with E-state index in [0.29, 0.717) is 112 Å². The van der Waals surface area contributed by atoms with E-state index in [1.165, 1.54) is 6.07 Å². The molecule has 3 saturated carbocycles. The highest BCUT2D eigenvalue weighted by atomic mass is 35.5. The largest absolute Gasteiger partial charge is 0.439 e. The molecule has 6 aromatic heterocycles. The number of aliphatic hydroxyl groups is 1. The van der Waals surface area contributed by atoms with Crippen LogP contribution in [0.4, 0.5) is 0 Å². The van der Waals surface area contributed by atoms with Gasteiger partial charge in [-0.15, -0.1) is 31.0 Å². The van der Waals surface area contributed by atoms with Crippen LogP contribution < -0.4 is 0 Å². The number of aliphatic hydroxyl groups excluding tert-OH is 1. The van der Waals surface area contributed by atoms with E-state index in [1.54, 1.807) is 67.2 Å². The summed E-state index contributed by atoms with van der Waals surface area (Å²) in [7, 11) is -16.4. The molecule has 1 saturated heterocycles. The summed E-state index contributed by atoms with van der Waals surface area (Å²) in [6.07, 6.45) is 5.51. The number of thioether (sulfide) groups is 1. The maximum Gasteiger partial charge on any atom is 0.200 e. The lowest BCUT2D eigenvalue weighted by atomic mass is 9.76. The molecule has 0 amide bonds. The molecule has 7 heterocycles. The number of hydrogen-bond acceptors (Lipinski definition) is 25. The summed E-state index contributed by atoms with van der Waals surface area (Å²) < 4.78 is 150. The Bertz CT molecular complexity index is 6710. The van der Waals surface area contributed by atoms with Crippen LogP contribution >= 0.6 is 94.0 Å². The summed E-state index contributed by atoms with van der Waals surface area (Å²) in [6.45, 7) is 55.1. The van der Waals surface area contributed by atoms with Crippen LogP contribution in [-0.4, -0.2) is 129 Å². The third-order valence-corrected chi connectivity index (χ3v) is 40.5. The maximum absolute atomic E-state index is 13.4. The predicted molar refractivity (Wildman–Crippen MR) is 528 cm³/mol. The Morgan fingerprint density at radius 1 is 0.477 bits per heavy atom.